The van der Waals surface area contributed by atoms with Crippen molar-refractivity contribution in [2.75, 3.05) is 4.72 Å². The standard InChI is InChI=1S/C12H10FN3O4S/c1-8-6-9(13)10(16(17)18)7-11(8)21(19,20)15-12-4-2-3-5-14-12/h2-7H,1H3,(H,14,15). The van der Waals surface area contributed by atoms with Crippen molar-refractivity contribution < 1.29 is 17.7 Å². The largest absolute Gasteiger partial charge is 0.306 e. The molecule has 1 aromatic heterocycles. The maximum absolute atomic E-state index is 13.4. The molecule has 0 aliphatic rings. The van der Waals surface area contributed by atoms with E-state index in [9.17, 15) is 22.9 Å². The van der Waals surface area contributed by atoms with Gasteiger partial charge in [-0.25, -0.2) is 13.4 Å². The molecule has 1 aromatic carbocycles. The van der Waals surface area contributed by atoms with E-state index < -0.39 is 26.5 Å². The SMILES string of the molecule is Cc1cc(F)c([N+](=O)[O-])cc1S(=O)(=O)Nc1ccccn1. The quantitative estimate of drug-likeness (QED) is 0.689. The Balaban J connectivity index is 2.50. The number of nitrogens with one attached hydrogen (secondary N) is 1. The van der Waals surface area contributed by atoms with Gasteiger partial charge in [0, 0.05) is 12.3 Å². The van der Waals surface area contributed by atoms with Crippen LogP contribution < -0.4 is 4.72 Å². The third-order valence-corrected chi connectivity index (χ3v) is 4.13. The van der Waals surface area contributed by atoms with E-state index in [0.29, 0.717) is 6.07 Å². The minimum atomic E-state index is -4.10. The number of sulfonamides is 1. The van der Waals surface area contributed by atoms with Crippen LogP contribution in [0.4, 0.5) is 15.9 Å². The van der Waals surface area contributed by atoms with Crippen LogP contribution in [0.5, 0.6) is 0 Å². The monoisotopic (exact) mass is 311 g/mol. The van der Waals surface area contributed by atoms with Crippen molar-refractivity contribution in [2.24, 2.45) is 0 Å². The lowest BCUT2D eigenvalue weighted by atomic mass is 10.2. The molecule has 2 aromatic rings. The van der Waals surface area contributed by atoms with E-state index >= 15 is 0 Å². The number of anilines is 1. The normalized spacial score (nSPS) is 11.1. The van der Waals surface area contributed by atoms with Crippen molar-refractivity contribution in [3.05, 3.63) is 58.0 Å². The van der Waals surface area contributed by atoms with Gasteiger partial charge in [0.25, 0.3) is 10.0 Å². The fraction of sp³-hybridized carbons (Fsp3) is 0.0833. The average Bonchev–Trinajstić information content (AvgIpc) is 2.38. The third-order valence-electron chi connectivity index (χ3n) is 2.63. The van der Waals surface area contributed by atoms with Crippen molar-refractivity contribution in [1.82, 2.24) is 4.98 Å². The van der Waals surface area contributed by atoms with Crippen LogP contribution in [0.25, 0.3) is 0 Å². The van der Waals surface area contributed by atoms with E-state index in [-0.39, 0.29) is 16.3 Å². The van der Waals surface area contributed by atoms with Gasteiger partial charge in [-0.05, 0) is 30.7 Å². The molecule has 7 nitrogen and oxygen atoms in total. The Morgan fingerprint density at radius 1 is 1.33 bits per heavy atom. The van der Waals surface area contributed by atoms with E-state index in [2.05, 4.69) is 9.71 Å². The average molecular weight is 311 g/mol. The molecule has 1 heterocycles. The van der Waals surface area contributed by atoms with Crippen LogP contribution in [0, 0.1) is 22.9 Å². The second-order valence-electron chi connectivity index (χ2n) is 4.15. The Morgan fingerprint density at radius 2 is 2.05 bits per heavy atom. The number of benzene rings is 1. The highest BCUT2D eigenvalue weighted by Crippen LogP contribution is 2.26. The predicted molar refractivity (Wildman–Crippen MR) is 72.8 cm³/mol. The summed E-state index contributed by atoms with van der Waals surface area (Å²) in [5, 5.41) is 10.7. The molecule has 0 aliphatic carbocycles. The second kappa shape index (κ2) is 5.44. The van der Waals surface area contributed by atoms with Crippen molar-refractivity contribution in [1.29, 1.82) is 0 Å². The molecule has 0 bridgehead atoms. The molecule has 0 aliphatic heterocycles. The van der Waals surface area contributed by atoms with Gasteiger partial charge in [-0.3, -0.25) is 14.8 Å². The molecule has 0 atom stereocenters. The summed E-state index contributed by atoms with van der Waals surface area (Å²) in [6.07, 6.45) is 1.39. The first kappa shape index (κ1) is 14.9. The van der Waals surface area contributed by atoms with Crippen molar-refractivity contribution >= 4 is 21.5 Å². The van der Waals surface area contributed by atoms with Crippen LogP contribution in [0.15, 0.2) is 41.4 Å². The Bertz CT molecular complexity index is 794. The first-order chi connectivity index (χ1) is 9.81. The van der Waals surface area contributed by atoms with E-state index in [1.807, 2.05) is 0 Å². The van der Waals surface area contributed by atoms with E-state index in [0.717, 1.165) is 6.07 Å². The molecule has 21 heavy (non-hydrogen) atoms. The van der Waals surface area contributed by atoms with Crippen molar-refractivity contribution in [3.63, 3.8) is 0 Å². The van der Waals surface area contributed by atoms with Gasteiger partial charge >= 0.3 is 5.69 Å². The molecule has 0 radical (unpaired) electrons. The number of hydrogen-bond acceptors (Lipinski definition) is 5. The number of pyridine rings is 1. The lowest BCUT2D eigenvalue weighted by molar-refractivity contribution is -0.387. The van der Waals surface area contributed by atoms with Crippen LogP contribution >= 0.6 is 0 Å². The molecule has 2 rings (SSSR count). The minimum Gasteiger partial charge on any atom is -0.263 e. The number of halogens is 1. The van der Waals surface area contributed by atoms with Crippen molar-refractivity contribution in [2.45, 2.75) is 11.8 Å². The predicted octanol–water partition coefficient (Wildman–Crippen LogP) is 2.24. The van der Waals surface area contributed by atoms with Gasteiger partial charge in [0.05, 0.1) is 9.82 Å². The van der Waals surface area contributed by atoms with Gasteiger partial charge in [0.15, 0.2) is 0 Å². The Labute approximate surface area is 119 Å². The van der Waals surface area contributed by atoms with E-state index in [4.69, 9.17) is 0 Å². The highest BCUT2D eigenvalue weighted by molar-refractivity contribution is 7.92. The van der Waals surface area contributed by atoms with Crippen LogP contribution in [0.3, 0.4) is 0 Å². The number of nitro groups is 1. The maximum Gasteiger partial charge on any atom is 0.306 e. The zero-order valence-electron chi connectivity index (χ0n) is 10.8. The number of aryl methyl sites for hydroxylation is 1. The smallest absolute Gasteiger partial charge is 0.263 e. The molecule has 1 N–H and O–H groups in total. The van der Waals surface area contributed by atoms with Gasteiger partial charge in [0.1, 0.15) is 5.82 Å². The van der Waals surface area contributed by atoms with Crippen LogP contribution in [-0.2, 0) is 10.0 Å². The first-order valence-electron chi connectivity index (χ1n) is 5.69. The molecule has 110 valence electrons. The van der Waals surface area contributed by atoms with Gasteiger partial charge in [-0.1, -0.05) is 6.07 Å². The van der Waals surface area contributed by atoms with Crippen LogP contribution in [0.1, 0.15) is 5.56 Å². The molecule has 0 spiro atoms. The van der Waals surface area contributed by atoms with E-state index in [1.165, 1.54) is 19.2 Å². The number of nitrogens with zero attached hydrogens (tertiary/aromatic N) is 2. The van der Waals surface area contributed by atoms with Gasteiger partial charge in [-0.2, -0.15) is 4.39 Å². The van der Waals surface area contributed by atoms with Crippen molar-refractivity contribution in [3.8, 4) is 0 Å². The summed E-state index contributed by atoms with van der Waals surface area (Å²) in [5.41, 5.74) is -0.844. The molecule has 9 heteroatoms. The summed E-state index contributed by atoms with van der Waals surface area (Å²) in [6, 6.07) is 6.10. The lowest BCUT2D eigenvalue weighted by Gasteiger charge is -2.09. The summed E-state index contributed by atoms with van der Waals surface area (Å²) in [5.74, 6) is -1.03. The summed E-state index contributed by atoms with van der Waals surface area (Å²) < 4.78 is 40.0. The maximum atomic E-state index is 13.4. The third kappa shape index (κ3) is 3.14. The molecule has 0 saturated heterocycles. The lowest BCUT2D eigenvalue weighted by Crippen LogP contribution is -2.15. The van der Waals surface area contributed by atoms with E-state index in [1.54, 1.807) is 12.1 Å². The Kier molecular flexibility index (Phi) is 3.85. The molecule has 0 unspecified atom stereocenters. The molecule has 0 amide bonds. The molecule has 0 saturated carbocycles. The number of aromatic nitrogens is 1. The summed E-state index contributed by atoms with van der Waals surface area (Å²) in [7, 11) is -4.10. The number of rotatable bonds is 4. The fourth-order valence-electron chi connectivity index (χ4n) is 1.69. The van der Waals surface area contributed by atoms with Gasteiger partial charge < -0.3 is 0 Å². The number of hydrogen-bond donors (Lipinski definition) is 1. The topological polar surface area (TPSA) is 102 Å². The zero-order chi connectivity index (χ0) is 15.6. The Morgan fingerprint density at radius 3 is 2.62 bits per heavy atom. The van der Waals surface area contributed by atoms with Crippen LogP contribution in [-0.4, -0.2) is 18.3 Å². The zero-order valence-corrected chi connectivity index (χ0v) is 11.6. The minimum absolute atomic E-state index is 0.0570. The highest BCUT2D eigenvalue weighted by Gasteiger charge is 2.24. The Hall–Kier alpha value is -2.55. The fourth-order valence-corrected chi connectivity index (χ4v) is 2.94. The van der Waals surface area contributed by atoms with Gasteiger partial charge in [0.2, 0.25) is 5.82 Å². The second-order valence-corrected chi connectivity index (χ2v) is 5.80. The molecule has 0 fully saturated rings. The molecular formula is C12H10FN3O4S. The highest BCUT2D eigenvalue weighted by atomic mass is 32.2. The first-order valence-corrected chi connectivity index (χ1v) is 7.18. The summed E-state index contributed by atoms with van der Waals surface area (Å²) in [4.78, 5) is 13.2. The molecular weight excluding hydrogens is 301 g/mol. The van der Waals surface area contributed by atoms with Gasteiger partial charge in [-0.15, -0.1) is 0 Å². The summed E-state index contributed by atoms with van der Waals surface area (Å²) in [6.45, 7) is 1.35. The number of nitro benzene ring substituents is 1. The van der Waals surface area contributed by atoms with Crippen LogP contribution in [0.2, 0.25) is 0 Å². The summed E-state index contributed by atoms with van der Waals surface area (Å²) >= 11 is 0.